The lowest BCUT2D eigenvalue weighted by Gasteiger charge is -1.99. The first-order chi connectivity index (χ1) is 6.60. The highest BCUT2D eigenvalue weighted by Crippen LogP contribution is 2.17. The number of hydrogen-bond acceptors (Lipinski definition) is 4. The van der Waals surface area contributed by atoms with Crippen LogP contribution in [0.1, 0.15) is 20.3 Å². The summed E-state index contributed by atoms with van der Waals surface area (Å²) in [6.45, 7) is 3.81. The van der Waals surface area contributed by atoms with Crippen molar-refractivity contribution >= 4 is 14.2 Å². The molecule has 1 unspecified atom stereocenters. The largest absolute Gasteiger partial charge is 0.695 e. The molecule has 0 heterocycles. The standard InChI is InChI=1S/C8H13O5P/c1-3-7(6-13-14(10)11)5-8(9)12-4-2/h5H,3-4,6H2,1-2H3/p+1/b7-5+. The Labute approximate surface area is 83.7 Å². The molecule has 14 heavy (non-hydrogen) atoms. The molecule has 6 heteroatoms. The maximum Gasteiger partial charge on any atom is 0.695 e. The second-order valence-electron chi connectivity index (χ2n) is 2.42. The van der Waals surface area contributed by atoms with Gasteiger partial charge in [-0.15, -0.1) is 9.42 Å². The number of carbonyl (C=O) groups excluding carboxylic acids is 1. The van der Waals surface area contributed by atoms with Crippen LogP contribution in [0.25, 0.3) is 0 Å². The van der Waals surface area contributed by atoms with Gasteiger partial charge in [0.1, 0.15) is 6.61 Å². The van der Waals surface area contributed by atoms with Crippen LogP contribution in [-0.4, -0.2) is 24.1 Å². The summed E-state index contributed by atoms with van der Waals surface area (Å²) < 4.78 is 19.4. The molecule has 0 bridgehead atoms. The Morgan fingerprint density at radius 2 is 2.14 bits per heavy atom. The van der Waals surface area contributed by atoms with Gasteiger partial charge >= 0.3 is 14.2 Å². The molecule has 0 aromatic carbocycles. The average Bonchev–Trinajstić information content (AvgIpc) is 2.12. The van der Waals surface area contributed by atoms with Gasteiger partial charge in [-0.25, -0.2) is 4.79 Å². The third-order valence-electron chi connectivity index (χ3n) is 1.42. The number of ether oxygens (including phenoxy) is 1. The number of carbonyl (C=O) groups is 1. The number of esters is 1. The summed E-state index contributed by atoms with van der Waals surface area (Å²) in [6, 6.07) is 0. The van der Waals surface area contributed by atoms with E-state index in [1.54, 1.807) is 6.92 Å². The fraction of sp³-hybridized carbons (Fsp3) is 0.625. The van der Waals surface area contributed by atoms with Gasteiger partial charge in [-0.05, 0) is 18.9 Å². The van der Waals surface area contributed by atoms with E-state index in [4.69, 9.17) is 4.89 Å². The predicted octanol–water partition coefficient (Wildman–Crippen LogP) is 1.55. The molecule has 0 fully saturated rings. The lowest BCUT2D eigenvalue weighted by atomic mass is 10.2. The molecule has 0 amide bonds. The number of hydrogen-bond donors (Lipinski definition) is 1. The Morgan fingerprint density at radius 3 is 2.57 bits per heavy atom. The highest BCUT2D eigenvalue weighted by molar-refractivity contribution is 7.32. The molecule has 1 atom stereocenters. The summed E-state index contributed by atoms with van der Waals surface area (Å²) >= 11 is 0. The molecule has 0 saturated carbocycles. The Morgan fingerprint density at radius 1 is 1.50 bits per heavy atom. The van der Waals surface area contributed by atoms with Crippen LogP contribution in [0.5, 0.6) is 0 Å². The van der Waals surface area contributed by atoms with Crippen molar-refractivity contribution in [3.8, 4) is 0 Å². The van der Waals surface area contributed by atoms with Gasteiger partial charge in [-0.3, -0.25) is 0 Å². The van der Waals surface area contributed by atoms with Crippen LogP contribution in [0.3, 0.4) is 0 Å². The van der Waals surface area contributed by atoms with Gasteiger partial charge in [0.2, 0.25) is 0 Å². The molecule has 0 aliphatic rings. The normalized spacial score (nSPS) is 12.5. The van der Waals surface area contributed by atoms with Gasteiger partial charge in [-0.1, -0.05) is 6.92 Å². The van der Waals surface area contributed by atoms with Crippen LogP contribution in [0.2, 0.25) is 0 Å². The van der Waals surface area contributed by atoms with Gasteiger partial charge in [0.05, 0.1) is 6.61 Å². The van der Waals surface area contributed by atoms with E-state index in [0.29, 0.717) is 18.6 Å². The van der Waals surface area contributed by atoms with Gasteiger partial charge < -0.3 is 4.74 Å². The smallest absolute Gasteiger partial charge is 0.463 e. The summed E-state index contributed by atoms with van der Waals surface area (Å²) in [4.78, 5) is 19.3. The second kappa shape index (κ2) is 7.62. The van der Waals surface area contributed by atoms with Crippen molar-refractivity contribution in [1.29, 1.82) is 0 Å². The zero-order chi connectivity index (χ0) is 11.0. The van der Waals surface area contributed by atoms with E-state index in [2.05, 4.69) is 9.26 Å². The van der Waals surface area contributed by atoms with E-state index in [1.165, 1.54) is 6.08 Å². The van der Waals surface area contributed by atoms with Crippen LogP contribution < -0.4 is 0 Å². The lowest BCUT2D eigenvalue weighted by Crippen LogP contribution is -2.03. The van der Waals surface area contributed by atoms with Crippen LogP contribution in [-0.2, 0) is 18.6 Å². The zero-order valence-corrected chi connectivity index (χ0v) is 9.12. The quantitative estimate of drug-likeness (QED) is 0.418. The van der Waals surface area contributed by atoms with Crippen molar-refractivity contribution in [2.45, 2.75) is 20.3 Å². The SMILES string of the molecule is CCOC(=O)/C=C(\CC)CO[P+](=O)O. The summed E-state index contributed by atoms with van der Waals surface area (Å²) in [5.74, 6) is -0.457. The first kappa shape index (κ1) is 13.2. The van der Waals surface area contributed by atoms with E-state index < -0.39 is 14.2 Å². The highest BCUT2D eigenvalue weighted by Gasteiger charge is 2.13. The van der Waals surface area contributed by atoms with E-state index in [-0.39, 0.29) is 6.61 Å². The van der Waals surface area contributed by atoms with Crippen molar-refractivity contribution in [3.63, 3.8) is 0 Å². The predicted molar refractivity (Wildman–Crippen MR) is 50.8 cm³/mol. The Hall–Kier alpha value is -0.770. The minimum absolute atomic E-state index is 0.0268. The van der Waals surface area contributed by atoms with Gasteiger partial charge in [0, 0.05) is 10.6 Å². The molecule has 0 aliphatic carbocycles. The lowest BCUT2D eigenvalue weighted by molar-refractivity contribution is -0.137. The van der Waals surface area contributed by atoms with Crippen molar-refractivity contribution in [2.75, 3.05) is 13.2 Å². The first-order valence-corrected chi connectivity index (χ1v) is 5.38. The van der Waals surface area contributed by atoms with E-state index in [1.807, 2.05) is 6.92 Å². The summed E-state index contributed by atoms with van der Waals surface area (Å²) in [5.41, 5.74) is 0.626. The fourth-order valence-electron chi connectivity index (χ4n) is 0.735. The monoisotopic (exact) mass is 221 g/mol. The van der Waals surface area contributed by atoms with E-state index >= 15 is 0 Å². The van der Waals surface area contributed by atoms with Crippen molar-refractivity contribution < 1.29 is 23.5 Å². The third kappa shape index (κ3) is 6.71. The van der Waals surface area contributed by atoms with Crippen LogP contribution in [0.4, 0.5) is 0 Å². The maximum absolute atomic E-state index is 11.0. The number of rotatable bonds is 6. The van der Waals surface area contributed by atoms with E-state index in [0.717, 1.165) is 0 Å². The Balaban J connectivity index is 4.10. The Kier molecular flexibility index (Phi) is 7.20. The maximum atomic E-state index is 11.0. The van der Waals surface area contributed by atoms with Gasteiger partial charge in [0.25, 0.3) is 0 Å². The molecular formula is C8H14O5P+. The van der Waals surface area contributed by atoms with Gasteiger partial charge in [0.15, 0.2) is 0 Å². The molecule has 0 aromatic heterocycles. The minimum atomic E-state index is -2.61. The Bertz CT molecular complexity index is 236. The van der Waals surface area contributed by atoms with Crippen molar-refractivity contribution in [1.82, 2.24) is 0 Å². The molecule has 0 saturated heterocycles. The molecule has 80 valence electrons. The zero-order valence-electron chi connectivity index (χ0n) is 8.23. The first-order valence-electron chi connectivity index (χ1n) is 4.25. The molecule has 0 spiro atoms. The van der Waals surface area contributed by atoms with Gasteiger partial charge in [-0.2, -0.15) is 0 Å². The van der Waals surface area contributed by atoms with E-state index in [9.17, 15) is 9.36 Å². The molecule has 0 aliphatic heterocycles. The van der Waals surface area contributed by atoms with Crippen molar-refractivity contribution in [2.24, 2.45) is 0 Å². The molecule has 5 nitrogen and oxygen atoms in total. The van der Waals surface area contributed by atoms with Crippen LogP contribution in [0.15, 0.2) is 11.6 Å². The molecule has 0 aromatic rings. The van der Waals surface area contributed by atoms with Crippen molar-refractivity contribution in [3.05, 3.63) is 11.6 Å². The molecular weight excluding hydrogens is 207 g/mol. The topological polar surface area (TPSA) is 72.8 Å². The fourth-order valence-corrected chi connectivity index (χ4v) is 1.01. The molecule has 1 N–H and O–H groups in total. The van der Waals surface area contributed by atoms with Crippen LogP contribution in [0, 0.1) is 0 Å². The minimum Gasteiger partial charge on any atom is -0.463 e. The summed E-state index contributed by atoms with van der Waals surface area (Å²) in [6.07, 6.45) is 1.85. The third-order valence-corrected chi connectivity index (χ3v) is 1.77. The summed E-state index contributed by atoms with van der Waals surface area (Å²) in [7, 11) is -2.61. The molecule has 0 radical (unpaired) electrons. The average molecular weight is 221 g/mol. The van der Waals surface area contributed by atoms with Crippen LogP contribution >= 0.6 is 8.25 Å². The second-order valence-corrected chi connectivity index (χ2v) is 3.15. The highest BCUT2D eigenvalue weighted by atomic mass is 31.1. The molecule has 0 rings (SSSR count). The summed E-state index contributed by atoms with van der Waals surface area (Å²) in [5, 5.41) is 0.